The number of carbonyl (C=O) groups excluding carboxylic acids is 2. The van der Waals surface area contributed by atoms with Crippen molar-refractivity contribution in [2.24, 2.45) is 5.92 Å². The lowest BCUT2D eigenvalue weighted by atomic mass is 10.1. The maximum absolute atomic E-state index is 12.7. The molecule has 2 N–H and O–H groups in total. The van der Waals surface area contributed by atoms with Crippen molar-refractivity contribution < 1.29 is 14.3 Å². The number of amides is 2. The summed E-state index contributed by atoms with van der Waals surface area (Å²) in [5.74, 6) is 0.173. The maximum atomic E-state index is 12.7. The first-order valence-electron chi connectivity index (χ1n) is 8.47. The van der Waals surface area contributed by atoms with E-state index in [4.69, 9.17) is 4.74 Å². The first kappa shape index (κ1) is 16.2. The second-order valence-corrected chi connectivity index (χ2v) is 6.34. The van der Waals surface area contributed by atoms with E-state index >= 15 is 0 Å². The predicted octanol–water partition coefficient (Wildman–Crippen LogP) is 3.17. The molecule has 6 nitrogen and oxygen atoms in total. The van der Waals surface area contributed by atoms with Crippen LogP contribution in [-0.2, 0) is 9.59 Å². The molecule has 0 radical (unpaired) electrons. The predicted molar refractivity (Wildman–Crippen MR) is 100 cm³/mol. The van der Waals surface area contributed by atoms with Crippen molar-refractivity contribution in [1.82, 2.24) is 4.98 Å². The van der Waals surface area contributed by atoms with E-state index < -0.39 is 0 Å². The number of nitrogens with one attached hydrogen (secondary N) is 2. The van der Waals surface area contributed by atoms with Gasteiger partial charge in [-0.3, -0.25) is 9.59 Å². The molecule has 2 aromatic carbocycles. The molecule has 0 bridgehead atoms. The second-order valence-electron chi connectivity index (χ2n) is 6.34. The van der Waals surface area contributed by atoms with Gasteiger partial charge in [0.2, 0.25) is 11.8 Å². The van der Waals surface area contributed by atoms with Gasteiger partial charge in [-0.1, -0.05) is 6.07 Å². The third kappa shape index (κ3) is 2.90. The van der Waals surface area contributed by atoms with Crippen molar-refractivity contribution in [2.75, 3.05) is 23.9 Å². The summed E-state index contributed by atoms with van der Waals surface area (Å²) >= 11 is 0. The monoisotopic (exact) mass is 349 g/mol. The van der Waals surface area contributed by atoms with Crippen LogP contribution >= 0.6 is 0 Å². The molecule has 6 heteroatoms. The van der Waals surface area contributed by atoms with Crippen molar-refractivity contribution in [3.8, 4) is 5.75 Å². The number of aromatic nitrogens is 1. The topological polar surface area (TPSA) is 74.4 Å². The van der Waals surface area contributed by atoms with Crippen molar-refractivity contribution in [1.29, 1.82) is 0 Å². The molecule has 1 atom stereocenters. The van der Waals surface area contributed by atoms with Gasteiger partial charge in [-0.25, -0.2) is 0 Å². The van der Waals surface area contributed by atoms with Crippen molar-refractivity contribution >= 4 is 34.1 Å². The highest BCUT2D eigenvalue weighted by Crippen LogP contribution is 2.28. The van der Waals surface area contributed by atoms with Crippen LogP contribution in [0.2, 0.25) is 0 Å². The zero-order valence-corrected chi connectivity index (χ0v) is 14.4. The van der Waals surface area contributed by atoms with Gasteiger partial charge in [-0.15, -0.1) is 0 Å². The number of benzene rings is 2. The standard InChI is InChI=1S/C20H19N3O3/c1-26-15-7-5-14(6-8-15)23-12-13(11-19(23)24)20(25)22-18-4-2-3-17-16(18)9-10-21-17/h2-10,13,21H,11-12H2,1H3,(H,22,25)/t13-/m0/s1. The Morgan fingerprint density at radius 1 is 1.19 bits per heavy atom. The van der Waals surface area contributed by atoms with E-state index in [2.05, 4.69) is 10.3 Å². The van der Waals surface area contributed by atoms with E-state index in [0.29, 0.717) is 6.54 Å². The Morgan fingerprint density at radius 2 is 2.00 bits per heavy atom. The van der Waals surface area contributed by atoms with Crippen LogP contribution in [0.4, 0.5) is 11.4 Å². The van der Waals surface area contributed by atoms with Gasteiger partial charge < -0.3 is 19.9 Å². The number of anilines is 2. The number of nitrogens with zero attached hydrogens (tertiary/aromatic N) is 1. The Kier molecular flexibility index (Phi) is 4.08. The van der Waals surface area contributed by atoms with Crippen LogP contribution in [-0.4, -0.2) is 30.5 Å². The largest absolute Gasteiger partial charge is 0.497 e. The Labute approximate surface area is 150 Å². The molecule has 2 heterocycles. The van der Waals surface area contributed by atoms with E-state index in [1.165, 1.54) is 0 Å². The highest BCUT2D eigenvalue weighted by molar-refractivity contribution is 6.06. The lowest BCUT2D eigenvalue weighted by Gasteiger charge is -2.17. The van der Waals surface area contributed by atoms with Gasteiger partial charge in [0.25, 0.3) is 0 Å². The van der Waals surface area contributed by atoms with Crippen LogP contribution in [0.5, 0.6) is 5.75 Å². The first-order chi connectivity index (χ1) is 12.7. The van der Waals surface area contributed by atoms with Crippen LogP contribution in [0.3, 0.4) is 0 Å². The fourth-order valence-corrected chi connectivity index (χ4v) is 3.32. The molecule has 1 saturated heterocycles. The fourth-order valence-electron chi connectivity index (χ4n) is 3.32. The van der Waals surface area contributed by atoms with Gasteiger partial charge in [0.1, 0.15) is 5.75 Å². The third-order valence-corrected chi connectivity index (χ3v) is 4.73. The molecular formula is C20H19N3O3. The quantitative estimate of drug-likeness (QED) is 0.760. The second kappa shape index (κ2) is 6.55. The van der Waals surface area contributed by atoms with Crippen LogP contribution in [0.25, 0.3) is 10.9 Å². The van der Waals surface area contributed by atoms with Crippen molar-refractivity contribution in [2.45, 2.75) is 6.42 Å². The normalized spacial score (nSPS) is 16.9. The molecule has 0 spiro atoms. The summed E-state index contributed by atoms with van der Waals surface area (Å²) in [5.41, 5.74) is 2.49. The molecule has 0 aliphatic carbocycles. The fraction of sp³-hybridized carbons (Fsp3) is 0.200. The molecule has 3 aromatic rings. The number of fused-ring (bicyclic) bond motifs is 1. The minimum absolute atomic E-state index is 0.0461. The van der Waals surface area contributed by atoms with Gasteiger partial charge in [-0.2, -0.15) is 0 Å². The molecule has 1 fully saturated rings. The third-order valence-electron chi connectivity index (χ3n) is 4.73. The van der Waals surface area contributed by atoms with Crippen LogP contribution in [0.1, 0.15) is 6.42 Å². The summed E-state index contributed by atoms with van der Waals surface area (Å²) in [7, 11) is 1.60. The smallest absolute Gasteiger partial charge is 0.229 e. The summed E-state index contributed by atoms with van der Waals surface area (Å²) < 4.78 is 5.14. The molecule has 26 heavy (non-hydrogen) atoms. The van der Waals surface area contributed by atoms with Crippen LogP contribution in [0.15, 0.2) is 54.7 Å². The number of hydrogen-bond acceptors (Lipinski definition) is 3. The van der Waals surface area contributed by atoms with Gasteiger partial charge in [0, 0.05) is 35.8 Å². The Balaban J connectivity index is 1.49. The molecular weight excluding hydrogens is 330 g/mol. The summed E-state index contributed by atoms with van der Waals surface area (Å²) in [4.78, 5) is 29.8. The Morgan fingerprint density at radius 3 is 2.77 bits per heavy atom. The molecule has 1 aliphatic heterocycles. The number of hydrogen-bond donors (Lipinski definition) is 2. The van der Waals surface area contributed by atoms with E-state index in [9.17, 15) is 9.59 Å². The highest BCUT2D eigenvalue weighted by Gasteiger charge is 2.35. The minimum Gasteiger partial charge on any atom is -0.497 e. The average molecular weight is 349 g/mol. The number of H-pyrrole nitrogens is 1. The average Bonchev–Trinajstić information content (AvgIpc) is 3.29. The number of rotatable bonds is 4. The van der Waals surface area contributed by atoms with Crippen LogP contribution < -0.4 is 15.0 Å². The van der Waals surface area contributed by atoms with Crippen molar-refractivity contribution in [3.05, 3.63) is 54.7 Å². The highest BCUT2D eigenvalue weighted by atomic mass is 16.5. The number of ether oxygens (including phenoxy) is 1. The number of methoxy groups -OCH3 is 1. The Bertz CT molecular complexity index is 962. The molecule has 0 unspecified atom stereocenters. The van der Waals surface area contributed by atoms with E-state index in [0.717, 1.165) is 28.0 Å². The van der Waals surface area contributed by atoms with E-state index in [1.807, 2.05) is 54.7 Å². The lowest BCUT2D eigenvalue weighted by molar-refractivity contribution is -0.122. The minimum atomic E-state index is -0.376. The maximum Gasteiger partial charge on any atom is 0.229 e. The van der Waals surface area contributed by atoms with E-state index in [-0.39, 0.29) is 24.2 Å². The first-order valence-corrected chi connectivity index (χ1v) is 8.47. The van der Waals surface area contributed by atoms with Gasteiger partial charge in [0.15, 0.2) is 0 Å². The lowest BCUT2D eigenvalue weighted by Crippen LogP contribution is -2.28. The summed E-state index contributed by atoms with van der Waals surface area (Å²) in [6.45, 7) is 0.375. The molecule has 132 valence electrons. The summed E-state index contributed by atoms with van der Waals surface area (Å²) in [6.07, 6.45) is 2.05. The van der Waals surface area contributed by atoms with Gasteiger partial charge >= 0.3 is 0 Å². The van der Waals surface area contributed by atoms with Gasteiger partial charge in [0.05, 0.1) is 18.7 Å². The number of carbonyl (C=O) groups is 2. The molecule has 1 aromatic heterocycles. The van der Waals surface area contributed by atoms with Gasteiger partial charge in [-0.05, 0) is 42.5 Å². The Hall–Kier alpha value is -3.28. The van der Waals surface area contributed by atoms with Crippen molar-refractivity contribution in [3.63, 3.8) is 0 Å². The molecule has 1 aliphatic rings. The number of aromatic amines is 1. The SMILES string of the molecule is COc1ccc(N2C[C@@H](C(=O)Nc3cccc4[nH]ccc34)CC2=O)cc1. The summed E-state index contributed by atoms with van der Waals surface area (Å²) in [5, 5.41) is 3.92. The molecule has 0 saturated carbocycles. The van der Waals surface area contributed by atoms with Crippen LogP contribution in [0, 0.1) is 5.92 Å². The van der Waals surface area contributed by atoms with E-state index in [1.54, 1.807) is 12.0 Å². The molecule has 2 amide bonds. The zero-order valence-electron chi connectivity index (χ0n) is 14.4. The zero-order chi connectivity index (χ0) is 18.1. The molecule has 4 rings (SSSR count). The summed E-state index contributed by atoms with van der Waals surface area (Å²) in [6, 6.07) is 14.9.